The van der Waals surface area contributed by atoms with Gasteiger partial charge >= 0.3 is 5.97 Å². The summed E-state index contributed by atoms with van der Waals surface area (Å²) in [5, 5.41) is 16.9. The van der Waals surface area contributed by atoms with E-state index in [0.717, 1.165) is 0 Å². The van der Waals surface area contributed by atoms with Crippen molar-refractivity contribution in [3.63, 3.8) is 0 Å². The number of fused-ring (bicyclic) bond motifs is 1. The third kappa shape index (κ3) is 3.55. The molecule has 140 valence electrons. The van der Waals surface area contributed by atoms with E-state index in [-0.39, 0.29) is 18.2 Å². The van der Waals surface area contributed by atoms with Gasteiger partial charge in [-0.3, -0.25) is 9.59 Å². The molecule has 1 amide bonds. The van der Waals surface area contributed by atoms with E-state index in [0.29, 0.717) is 54.1 Å². The molecule has 0 saturated carbocycles. The second kappa shape index (κ2) is 7.03. The van der Waals surface area contributed by atoms with Crippen LogP contribution < -0.4 is 5.32 Å². The zero-order chi connectivity index (χ0) is 18.9. The molecule has 2 N–H and O–H groups in total. The van der Waals surface area contributed by atoms with Crippen LogP contribution in [0.15, 0.2) is 10.6 Å². The molecule has 0 aromatic carbocycles. The summed E-state index contributed by atoms with van der Waals surface area (Å²) >= 11 is 0. The molecule has 1 aliphatic rings. The quantitative estimate of drug-likeness (QED) is 0.840. The van der Waals surface area contributed by atoms with E-state index < -0.39 is 11.5 Å². The molecule has 26 heavy (non-hydrogen) atoms. The summed E-state index contributed by atoms with van der Waals surface area (Å²) < 4.78 is 10.6. The largest absolute Gasteiger partial charge is 0.481 e. The molecular formula is C18H23N3O5. The number of rotatable bonds is 5. The number of carbonyl (C=O) groups is 2. The number of ether oxygens (including phenoxy) is 1. The van der Waals surface area contributed by atoms with Crippen LogP contribution in [0, 0.1) is 6.92 Å². The molecule has 0 aliphatic carbocycles. The van der Waals surface area contributed by atoms with Gasteiger partial charge in [-0.05, 0) is 31.7 Å². The minimum absolute atomic E-state index is 0.0587. The fourth-order valence-corrected chi connectivity index (χ4v) is 3.38. The van der Waals surface area contributed by atoms with Crippen LogP contribution in [-0.4, -0.2) is 45.9 Å². The van der Waals surface area contributed by atoms with Crippen molar-refractivity contribution in [2.45, 2.75) is 51.5 Å². The van der Waals surface area contributed by atoms with Crippen LogP contribution in [0.1, 0.15) is 60.8 Å². The molecule has 0 spiro atoms. The van der Waals surface area contributed by atoms with Gasteiger partial charge in [0.2, 0.25) is 0 Å². The number of aryl methyl sites for hydroxylation is 1. The van der Waals surface area contributed by atoms with Gasteiger partial charge in [-0.1, -0.05) is 19.0 Å². The van der Waals surface area contributed by atoms with E-state index in [4.69, 9.17) is 9.26 Å². The Balaban J connectivity index is 2.01. The Hall–Kier alpha value is -2.48. The Morgan fingerprint density at radius 3 is 2.65 bits per heavy atom. The minimum atomic E-state index is -0.948. The van der Waals surface area contributed by atoms with Crippen LogP contribution in [-0.2, 0) is 9.53 Å². The molecule has 3 heterocycles. The van der Waals surface area contributed by atoms with E-state index in [1.54, 1.807) is 13.0 Å². The molecule has 8 nitrogen and oxygen atoms in total. The van der Waals surface area contributed by atoms with E-state index in [9.17, 15) is 14.7 Å². The monoisotopic (exact) mass is 361 g/mol. The van der Waals surface area contributed by atoms with Gasteiger partial charge in [-0.15, -0.1) is 0 Å². The standard InChI is InChI=1S/C18H23N3O5/c1-10(2)15-14-12(8-11(3)19-17(14)26-21-15)16(24)20-18(9-13(22)23)4-6-25-7-5-18/h8,10H,4-7,9H2,1-3H3,(H,20,24)(H,22,23). The van der Waals surface area contributed by atoms with Crippen molar-refractivity contribution >= 4 is 23.0 Å². The number of amides is 1. The number of aliphatic carboxylic acids is 1. The summed E-state index contributed by atoms with van der Waals surface area (Å²) in [5.41, 5.74) is 1.21. The van der Waals surface area contributed by atoms with Gasteiger partial charge in [0.1, 0.15) is 0 Å². The molecule has 1 aliphatic heterocycles. The third-order valence-corrected chi connectivity index (χ3v) is 4.71. The zero-order valence-corrected chi connectivity index (χ0v) is 15.2. The summed E-state index contributed by atoms with van der Waals surface area (Å²) in [4.78, 5) is 28.7. The molecule has 0 radical (unpaired) electrons. The highest BCUT2D eigenvalue weighted by atomic mass is 16.5. The fourth-order valence-electron chi connectivity index (χ4n) is 3.38. The number of hydrogen-bond donors (Lipinski definition) is 2. The summed E-state index contributed by atoms with van der Waals surface area (Å²) in [5.74, 6) is -1.23. The molecule has 0 unspecified atom stereocenters. The Morgan fingerprint density at radius 1 is 1.35 bits per heavy atom. The smallest absolute Gasteiger partial charge is 0.305 e. The third-order valence-electron chi connectivity index (χ3n) is 4.71. The van der Waals surface area contributed by atoms with Gasteiger partial charge in [-0.25, -0.2) is 4.98 Å². The normalized spacial score (nSPS) is 16.8. The lowest BCUT2D eigenvalue weighted by Gasteiger charge is -2.36. The van der Waals surface area contributed by atoms with Crippen molar-refractivity contribution in [2.24, 2.45) is 0 Å². The molecule has 8 heteroatoms. The Kier molecular flexibility index (Phi) is 4.95. The van der Waals surface area contributed by atoms with Crippen molar-refractivity contribution in [1.29, 1.82) is 0 Å². The predicted molar refractivity (Wildman–Crippen MR) is 93.1 cm³/mol. The van der Waals surface area contributed by atoms with Crippen molar-refractivity contribution in [2.75, 3.05) is 13.2 Å². The maximum atomic E-state index is 13.1. The minimum Gasteiger partial charge on any atom is -0.481 e. The number of carboxylic acids is 1. The van der Waals surface area contributed by atoms with Gasteiger partial charge in [0.25, 0.3) is 11.6 Å². The molecule has 1 saturated heterocycles. The first-order valence-electron chi connectivity index (χ1n) is 8.70. The van der Waals surface area contributed by atoms with Gasteiger partial charge in [-0.2, -0.15) is 0 Å². The van der Waals surface area contributed by atoms with E-state index in [1.165, 1.54) is 0 Å². The van der Waals surface area contributed by atoms with E-state index in [2.05, 4.69) is 15.5 Å². The molecule has 0 bridgehead atoms. The van der Waals surface area contributed by atoms with Crippen molar-refractivity contribution < 1.29 is 24.0 Å². The Morgan fingerprint density at radius 2 is 2.04 bits per heavy atom. The SMILES string of the molecule is Cc1cc(C(=O)NC2(CC(=O)O)CCOCC2)c2c(C(C)C)noc2n1. The lowest BCUT2D eigenvalue weighted by atomic mass is 9.86. The lowest BCUT2D eigenvalue weighted by Crippen LogP contribution is -2.53. The summed E-state index contributed by atoms with van der Waals surface area (Å²) in [6.45, 7) is 6.54. The van der Waals surface area contributed by atoms with Crippen molar-refractivity contribution in [3.8, 4) is 0 Å². The first kappa shape index (κ1) is 18.3. The number of nitrogens with one attached hydrogen (secondary N) is 1. The maximum Gasteiger partial charge on any atom is 0.305 e. The highest BCUT2D eigenvalue weighted by Gasteiger charge is 2.37. The van der Waals surface area contributed by atoms with Crippen LogP contribution >= 0.6 is 0 Å². The number of hydrogen-bond acceptors (Lipinski definition) is 6. The van der Waals surface area contributed by atoms with Crippen LogP contribution in [0.4, 0.5) is 0 Å². The highest BCUT2D eigenvalue weighted by molar-refractivity contribution is 6.06. The lowest BCUT2D eigenvalue weighted by molar-refractivity contribution is -0.139. The highest BCUT2D eigenvalue weighted by Crippen LogP contribution is 2.30. The molecule has 2 aromatic heterocycles. The van der Waals surface area contributed by atoms with Crippen molar-refractivity contribution in [3.05, 3.63) is 23.0 Å². The maximum absolute atomic E-state index is 13.1. The summed E-state index contributed by atoms with van der Waals surface area (Å²) in [6, 6.07) is 1.69. The number of carboxylic acid groups (broad SMARTS) is 1. The van der Waals surface area contributed by atoms with Gasteiger partial charge < -0.3 is 19.7 Å². The predicted octanol–water partition coefficient (Wildman–Crippen LogP) is 2.41. The van der Waals surface area contributed by atoms with Gasteiger partial charge in [0.15, 0.2) is 0 Å². The van der Waals surface area contributed by atoms with Crippen LogP contribution in [0.2, 0.25) is 0 Å². The zero-order valence-electron chi connectivity index (χ0n) is 15.2. The van der Waals surface area contributed by atoms with Crippen LogP contribution in [0.3, 0.4) is 0 Å². The van der Waals surface area contributed by atoms with Crippen LogP contribution in [0.5, 0.6) is 0 Å². The Labute approximate surface area is 150 Å². The topological polar surface area (TPSA) is 115 Å². The van der Waals surface area contributed by atoms with E-state index >= 15 is 0 Å². The molecule has 2 aromatic rings. The number of aromatic nitrogens is 2. The number of pyridine rings is 1. The number of nitrogens with zero attached hydrogens (tertiary/aromatic N) is 2. The van der Waals surface area contributed by atoms with Crippen molar-refractivity contribution in [1.82, 2.24) is 15.5 Å². The summed E-state index contributed by atoms with van der Waals surface area (Å²) in [6.07, 6.45) is 0.772. The molecule has 1 fully saturated rings. The first-order valence-corrected chi connectivity index (χ1v) is 8.70. The first-order chi connectivity index (χ1) is 12.3. The fraction of sp³-hybridized carbons (Fsp3) is 0.556. The van der Waals surface area contributed by atoms with Crippen LogP contribution in [0.25, 0.3) is 11.1 Å². The average molecular weight is 361 g/mol. The van der Waals surface area contributed by atoms with E-state index in [1.807, 2.05) is 13.8 Å². The molecule has 0 atom stereocenters. The summed E-state index contributed by atoms with van der Waals surface area (Å²) in [7, 11) is 0. The second-order valence-corrected chi connectivity index (χ2v) is 7.13. The van der Waals surface area contributed by atoms with Gasteiger partial charge in [0.05, 0.1) is 28.6 Å². The Bertz CT molecular complexity index is 837. The number of carbonyl (C=O) groups excluding carboxylic acids is 1. The second-order valence-electron chi connectivity index (χ2n) is 7.13. The molecular weight excluding hydrogens is 338 g/mol. The molecule has 3 rings (SSSR count). The van der Waals surface area contributed by atoms with Gasteiger partial charge in [0, 0.05) is 18.9 Å². The average Bonchev–Trinajstić information content (AvgIpc) is 2.97.